The van der Waals surface area contributed by atoms with E-state index in [1.165, 1.54) is 103 Å². The Hall–Kier alpha value is -8.96. The third-order valence-electron chi connectivity index (χ3n) is 14.8. The maximum Gasteiger partial charge on any atom is 0.179 e. The molecule has 0 aliphatic rings. The van der Waals surface area contributed by atoms with Crippen LogP contribution >= 0.6 is 0 Å². The molecule has 328 valence electrons. The molecule has 0 saturated carbocycles. The molecule has 0 aliphatic carbocycles. The van der Waals surface area contributed by atoms with Crippen molar-refractivity contribution in [3.05, 3.63) is 273 Å². The normalized spacial score (nSPS) is 12.0. The number of hydrogen-bond acceptors (Lipinski definition) is 0. The Morgan fingerprint density at radius 2 is 0.643 bits per heavy atom. The van der Waals surface area contributed by atoms with Crippen LogP contribution in [0.5, 0.6) is 0 Å². The molecule has 0 bridgehead atoms. The van der Waals surface area contributed by atoms with Crippen LogP contribution in [0, 0.1) is 0 Å². The van der Waals surface area contributed by atoms with E-state index in [0.29, 0.717) is 0 Å². The fourth-order valence-electron chi connectivity index (χ4n) is 11.8. The van der Waals surface area contributed by atoms with Crippen LogP contribution in [0.25, 0.3) is 93.6 Å². The molecule has 0 N–H and O–H groups in total. The van der Waals surface area contributed by atoms with Crippen LogP contribution < -0.4 is 20.7 Å². The molecule has 3 nitrogen and oxygen atoms in total. The minimum Gasteiger partial charge on any atom is -0.309 e. The first kappa shape index (κ1) is 40.1. The second kappa shape index (κ2) is 16.1. The van der Waals surface area contributed by atoms with Crippen molar-refractivity contribution in [3.63, 3.8) is 0 Å². The third-order valence-corrected chi connectivity index (χ3v) is 19.6. The highest BCUT2D eigenvalue weighted by Gasteiger charge is 2.41. The molecule has 0 atom stereocenters. The first-order chi connectivity index (χ1) is 34.8. The van der Waals surface area contributed by atoms with Gasteiger partial charge in [-0.05, 0) is 92.5 Å². The van der Waals surface area contributed by atoms with Crippen LogP contribution in [-0.4, -0.2) is 21.8 Å². The van der Waals surface area contributed by atoms with Crippen molar-refractivity contribution in [2.75, 3.05) is 0 Å². The summed E-state index contributed by atoms with van der Waals surface area (Å²) in [6.07, 6.45) is 0. The summed E-state index contributed by atoms with van der Waals surface area (Å²) in [5.74, 6) is 0. The van der Waals surface area contributed by atoms with Gasteiger partial charge in [-0.1, -0.05) is 212 Å². The van der Waals surface area contributed by atoms with E-state index in [-0.39, 0.29) is 0 Å². The van der Waals surface area contributed by atoms with Gasteiger partial charge in [0.15, 0.2) is 8.07 Å². The average Bonchev–Trinajstić information content (AvgIpc) is 4.08. The molecule has 70 heavy (non-hydrogen) atoms. The Bertz CT molecular complexity index is 4170. The number of nitrogens with zero attached hydrogens (tertiary/aromatic N) is 3. The van der Waals surface area contributed by atoms with Gasteiger partial charge in [-0.2, -0.15) is 0 Å². The third kappa shape index (κ3) is 6.00. The number of rotatable bonds is 8. The zero-order valence-electron chi connectivity index (χ0n) is 38.3. The molecule has 14 aromatic rings. The summed E-state index contributed by atoms with van der Waals surface area (Å²) in [6, 6.07) is 101. The lowest BCUT2D eigenvalue weighted by molar-refractivity contribution is 1.15. The van der Waals surface area contributed by atoms with E-state index in [1.807, 2.05) is 0 Å². The molecular formula is C66H45N3Si. The highest BCUT2D eigenvalue weighted by Crippen LogP contribution is 2.42. The summed E-state index contributed by atoms with van der Waals surface area (Å²) < 4.78 is 7.43. The second-order valence-electron chi connectivity index (χ2n) is 18.4. The van der Waals surface area contributed by atoms with Crippen LogP contribution in [0.1, 0.15) is 0 Å². The number of hydrogen-bond donors (Lipinski definition) is 0. The number of fused-ring (bicyclic) bond motifs is 9. The molecule has 0 saturated heterocycles. The highest BCUT2D eigenvalue weighted by atomic mass is 28.3. The van der Waals surface area contributed by atoms with E-state index in [9.17, 15) is 0 Å². The molecule has 11 aromatic carbocycles. The van der Waals surface area contributed by atoms with Gasteiger partial charge in [0.2, 0.25) is 0 Å². The summed E-state index contributed by atoms with van der Waals surface area (Å²) in [6.45, 7) is 0. The molecule has 14 rings (SSSR count). The molecule has 0 fully saturated rings. The van der Waals surface area contributed by atoms with Crippen molar-refractivity contribution < 1.29 is 0 Å². The number of benzene rings is 11. The van der Waals surface area contributed by atoms with Crippen LogP contribution in [-0.2, 0) is 0 Å². The van der Waals surface area contributed by atoms with Gasteiger partial charge in [0.25, 0.3) is 0 Å². The smallest absolute Gasteiger partial charge is 0.179 e. The number of para-hydroxylation sites is 3. The van der Waals surface area contributed by atoms with Crippen molar-refractivity contribution in [2.45, 2.75) is 0 Å². The first-order valence-corrected chi connectivity index (χ1v) is 26.2. The van der Waals surface area contributed by atoms with E-state index in [1.54, 1.807) is 0 Å². The van der Waals surface area contributed by atoms with E-state index >= 15 is 0 Å². The van der Waals surface area contributed by atoms with Gasteiger partial charge in [0.05, 0.1) is 38.8 Å². The summed E-state index contributed by atoms with van der Waals surface area (Å²) in [7, 11) is -2.70. The molecule has 0 radical (unpaired) electrons. The van der Waals surface area contributed by atoms with Crippen molar-refractivity contribution in [1.29, 1.82) is 0 Å². The van der Waals surface area contributed by atoms with Crippen LogP contribution in [0.4, 0.5) is 0 Å². The minimum absolute atomic E-state index is 1.12. The molecule has 0 spiro atoms. The van der Waals surface area contributed by atoms with Gasteiger partial charge < -0.3 is 13.7 Å². The Balaban J connectivity index is 0.976. The highest BCUT2D eigenvalue weighted by molar-refractivity contribution is 7.19. The van der Waals surface area contributed by atoms with Gasteiger partial charge in [0.1, 0.15) is 0 Å². The molecule has 0 amide bonds. The van der Waals surface area contributed by atoms with Crippen LogP contribution in [0.3, 0.4) is 0 Å². The van der Waals surface area contributed by atoms with Crippen molar-refractivity contribution in [3.8, 4) is 28.2 Å². The lowest BCUT2D eigenvalue weighted by Gasteiger charge is -2.34. The Morgan fingerprint density at radius 3 is 1.24 bits per heavy atom. The second-order valence-corrected chi connectivity index (χ2v) is 22.2. The summed E-state index contributed by atoms with van der Waals surface area (Å²) in [5, 5.41) is 12.9. The van der Waals surface area contributed by atoms with Gasteiger partial charge in [0, 0.05) is 43.7 Å². The van der Waals surface area contributed by atoms with Gasteiger partial charge in [-0.3, -0.25) is 0 Å². The van der Waals surface area contributed by atoms with E-state index in [0.717, 1.165) is 11.4 Å². The topological polar surface area (TPSA) is 14.8 Å². The largest absolute Gasteiger partial charge is 0.309 e. The lowest BCUT2D eigenvalue weighted by Crippen LogP contribution is -2.74. The molecule has 0 aliphatic heterocycles. The van der Waals surface area contributed by atoms with Crippen molar-refractivity contribution >= 4 is 94.2 Å². The molecule has 4 heteroatoms. The first-order valence-electron chi connectivity index (χ1n) is 24.2. The Kier molecular flexibility index (Phi) is 9.23. The van der Waals surface area contributed by atoms with Crippen LogP contribution in [0.15, 0.2) is 273 Å². The van der Waals surface area contributed by atoms with Crippen LogP contribution in [0.2, 0.25) is 0 Å². The zero-order chi connectivity index (χ0) is 46.2. The fraction of sp³-hybridized carbons (Fsp3) is 0. The maximum atomic E-state index is 2.49. The summed E-state index contributed by atoms with van der Waals surface area (Å²) in [4.78, 5) is 0. The van der Waals surface area contributed by atoms with E-state index in [2.05, 4.69) is 287 Å². The monoisotopic (exact) mass is 907 g/mol. The van der Waals surface area contributed by atoms with Crippen molar-refractivity contribution in [2.24, 2.45) is 0 Å². The Labute approximate surface area is 407 Å². The molecule has 3 aromatic heterocycles. The zero-order valence-corrected chi connectivity index (χ0v) is 39.3. The van der Waals surface area contributed by atoms with E-state index in [4.69, 9.17) is 0 Å². The van der Waals surface area contributed by atoms with Gasteiger partial charge in [-0.25, -0.2) is 0 Å². The summed E-state index contributed by atoms with van der Waals surface area (Å²) in [5.41, 5.74) is 12.9. The minimum atomic E-state index is -2.70. The maximum absolute atomic E-state index is 2.70. The predicted molar refractivity (Wildman–Crippen MR) is 299 cm³/mol. The van der Waals surface area contributed by atoms with Crippen molar-refractivity contribution in [1.82, 2.24) is 13.7 Å². The standard InChI is InChI=1S/C66H45N3Si/c1-5-20-46(21-6-1)47-36-42-56-55-29-14-17-32-60(55)69(64(56)44-47)63-35-19-34-62-66(63)58-30-15-18-33-61(58)68(62)49-39-43-57-54-28-13-16-31-59(54)67(65(57)45-49)48-37-40-53(41-38-48)70(50-22-7-2-8-23-50,51-24-9-3-10-25-51)52-26-11-4-12-27-52/h1-45H. The fourth-order valence-corrected chi connectivity index (χ4v) is 16.6. The predicted octanol–water partition coefficient (Wildman–Crippen LogP) is 14.0. The molecular weight excluding hydrogens is 863 g/mol. The number of aromatic nitrogens is 3. The van der Waals surface area contributed by atoms with Gasteiger partial charge in [-0.15, -0.1) is 0 Å². The molecule has 0 unspecified atom stereocenters. The average molecular weight is 908 g/mol. The molecule has 3 heterocycles. The summed E-state index contributed by atoms with van der Waals surface area (Å²) >= 11 is 0. The van der Waals surface area contributed by atoms with E-state index < -0.39 is 8.07 Å². The Morgan fingerprint density at radius 1 is 0.229 bits per heavy atom. The quantitative estimate of drug-likeness (QED) is 0.107. The SMILES string of the molecule is c1ccc(-c2ccc3c4ccccc4n(-c4cccc5c4c4ccccc4n5-c4ccc5c6ccccc6n(-c6ccc([Si](c7ccccc7)(c7ccccc7)c7ccccc7)cc6)c5c4)c3c2)cc1. The van der Waals surface area contributed by atoms with Gasteiger partial charge >= 0.3 is 0 Å². The lowest BCUT2D eigenvalue weighted by atomic mass is 10.0.